The highest BCUT2D eigenvalue weighted by Crippen LogP contribution is 2.35. The van der Waals surface area contributed by atoms with Gasteiger partial charge in [-0.25, -0.2) is 4.79 Å². The van der Waals surface area contributed by atoms with Crippen LogP contribution in [-0.2, 0) is 35.1 Å². The molecule has 214 valence electrons. The Bertz CT molecular complexity index is 1180. The second-order valence-corrected chi connectivity index (χ2v) is 12.7. The van der Waals surface area contributed by atoms with E-state index in [9.17, 15) is 27.3 Å². The second kappa shape index (κ2) is 12.8. The number of benzene rings is 2. The Balaban J connectivity index is 1.69. The predicted molar refractivity (Wildman–Crippen MR) is 145 cm³/mol. The lowest BCUT2D eigenvalue weighted by Crippen LogP contribution is -2.42. The minimum absolute atomic E-state index is 0.0280. The van der Waals surface area contributed by atoms with Gasteiger partial charge in [0.05, 0.1) is 5.56 Å². The summed E-state index contributed by atoms with van der Waals surface area (Å²) in [4.78, 5) is 27.2. The zero-order valence-electron chi connectivity index (χ0n) is 22.5. The standard InChI is InChI=1S/C28H34ClF3N2O4S/c1-5-39(37)24-9-8-22(29)15-21(24)17-33-25(35)20-7-6-19(23(16-20)28(30,31)32)14-18-10-12-34(13-11-18)26(36)38-27(2,3)4/h6-9,15-16,18H,5,10-14,17H2,1-4H3,(H,33,35). The number of amides is 2. The summed E-state index contributed by atoms with van der Waals surface area (Å²) in [5.41, 5.74) is -0.924. The fourth-order valence-corrected chi connectivity index (χ4v) is 5.61. The van der Waals surface area contributed by atoms with Gasteiger partial charge in [-0.15, -0.1) is 0 Å². The minimum atomic E-state index is -4.64. The molecule has 2 amide bonds. The van der Waals surface area contributed by atoms with Gasteiger partial charge in [0.2, 0.25) is 0 Å². The monoisotopic (exact) mass is 586 g/mol. The van der Waals surface area contributed by atoms with Gasteiger partial charge in [-0.2, -0.15) is 13.2 Å². The van der Waals surface area contributed by atoms with E-state index in [2.05, 4.69) is 5.32 Å². The zero-order chi connectivity index (χ0) is 29.0. The number of nitrogens with one attached hydrogen (secondary N) is 1. The van der Waals surface area contributed by atoms with E-state index in [-0.39, 0.29) is 30.0 Å². The Labute approximate surface area is 235 Å². The van der Waals surface area contributed by atoms with Crippen molar-refractivity contribution in [1.82, 2.24) is 10.2 Å². The third kappa shape index (κ3) is 8.78. The molecule has 11 heteroatoms. The van der Waals surface area contributed by atoms with Crippen LogP contribution in [0.4, 0.5) is 18.0 Å². The van der Waals surface area contributed by atoms with Crippen molar-refractivity contribution < 1.29 is 32.0 Å². The summed E-state index contributed by atoms with van der Waals surface area (Å²) in [5.74, 6) is -0.338. The maximum absolute atomic E-state index is 14.0. The third-order valence-electron chi connectivity index (χ3n) is 6.42. The molecule has 0 saturated carbocycles. The molecule has 1 N–H and O–H groups in total. The van der Waals surface area contributed by atoms with E-state index in [0.29, 0.717) is 47.2 Å². The Morgan fingerprint density at radius 2 is 1.77 bits per heavy atom. The number of rotatable bonds is 7. The van der Waals surface area contributed by atoms with Crippen molar-refractivity contribution in [3.8, 4) is 0 Å². The average molecular weight is 587 g/mol. The van der Waals surface area contributed by atoms with Crippen molar-refractivity contribution in [3.63, 3.8) is 0 Å². The molecular weight excluding hydrogens is 553 g/mol. The first-order chi connectivity index (χ1) is 18.2. The van der Waals surface area contributed by atoms with E-state index >= 15 is 0 Å². The van der Waals surface area contributed by atoms with E-state index in [1.807, 2.05) is 0 Å². The molecule has 1 heterocycles. The lowest BCUT2D eigenvalue weighted by Gasteiger charge is -2.33. The highest BCUT2D eigenvalue weighted by molar-refractivity contribution is 7.91. The van der Waals surface area contributed by atoms with Crippen LogP contribution in [0.25, 0.3) is 0 Å². The molecule has 0 spiro atoms. The maximum Gasteiger partial charge on any atom is 0.416 e. The lowest BCUT2D eigenvalue weighted by atomic mass is 9.87. The zero-order valence-corrected chi connectivity index (χ0v) is 24.1. The van der Waals surface area contributed by atoms with Gasteiger partial charge in [0.1, 0.15) is 11.4 Å². The van der Waals surface area contributed by atoms with E-state index in [1.54, 1.807) is 50.8 Å². The van der Waals surface area contributed by atoms with Crippen molar-refractivity contribution in [1.29, 1.82) is 0 Å². The quantitative estimate of drug-likeness (QED) is 0.370. The van der Waals surface area contributed by atoms with Crippen molar-refractivity contribution in [2.75, 3.05) is 18.8 Å². The van der Waals surface area contributed by atoms with E-state index in [1.165, 1.54) is 12.1 Å². The fourth-order valence-electron chi connectivity index (χ4n) is 4.46. The van der Waals surface area contributed by atoms with Gasteiger partial charge in [-0.05, 0) is 99.9 Å². The smallest absolute Gasteiger partial charge is 0.416 e. The number of hydrogen-bond donors (Lipinski definition) is 1. The van der Waals surface area contributed by atoms with Crippen LogP contribution in [0.3, 0.4) is 0 Å². The number of hydrogen-bond acceptors (Lipinski definition) is 4. The summed E-state index contributed by atoms with van der Waals surface area (Å²) in [6.07, 6.45) is -3.76. The molecule has 1 atom stereocenters. The summed E-state index contributed by atoms with van der Waals surface area (Å²) >= 11 is 4.76. The molecule has 1 fully saturated rings. The normalized spacial score (nSPS) is 15.7. The van der Waals surface area contributed by atoms with Crippen molar-refractivity contribution in [3.05, 3.63) is 63.7 Å². The van der Waals surface area contributed by atoms with Crippen LogP contribution in [0.2, 0.25) is 5.02 Å². The molecule has 0 radical (unpaired) electrons. The molecule has 6 nitrogen and oxygen atoms in total. The lowest BCUT2D eigenvalue weighted by molar-refractivity contribution is -0.138. The van der Waals surface area contributed by atoms with Crippen LogP contribution >= 0.6 is 11.6 Å². The molecule has 3 rings (SSSR count). The molecule has 1 aliphatic rings. The highest BCUT2D eigenvalue weighted by atomic mass is 35.5. The second-order valence-electron chi connectivity index (χ2n) is 10.6. The predicted octanol–water partition coefficient (Wildman–Crippen LogP) is 6.61. The van der Waals surface area contributed by atoms with Crippen molar-refractivity contribution in [2.24, 2.45) is 5.92 Å². The summed E-state index contributed by atoms with van der Waals surface area (Å²) in [7, 11) is 0. The summed E-state index contributed by atoms with van der Waals surface area (Å²) in [5, 5.41) is 3.02. The molecule has 1 saturated heterocycles. The van der Waals surface area contributed by atoms with Crippen LogP contribution in [0.5, 0.6) is 0 Å². The Morgan fingerprint density at radius 3 is 2.36 bits per heavy atom. The fraction of sp³-hybridized carbons (Fsp3) is 0.500. The third-order valence-corrected chi connectivity index (χ3v) is 8.07. The number of likely N-dealkylation sites (tertiary alicyclic amines) is 1. The number of piperidine rings is 1. The number of alkyl halides is 3. The van der Waals surface area contributed by atoms with Gasteiger partial charge in [-0.3, -0.25) is 4.79 Å². The van der Waals surface area contributed by atoms with Crippen LogP contribution in [-0.4, -0.2) is 45.9 Å². The molecule has 2 aromatic carbocycles. The Morgan fingerprint density at radius 1 is 1.10 bits per heavy atom. The number of nitrogens with zero attached hydrogens (tertiary/aromatic N) is 1. The molecule has 1 unspecified atom stereocenters. The molecule has 39 heavy (non-hydrogen) atoms. The molecular formula is C28H34ClF3N2O4S. The van der Waals surface area contributed by atoms with Gasteiger partial charge in [0, 0.05) is 35.8 Å². The van der Waals surface area contributed by atoms with Gasteiger partial charge in [0.25, 0.3) is 5.91 Å². The largest absolute Gasteiger partial charge is 0.611 e. The number of carbonyl (C=O) groups is 2. The number of carbonyl (C=O) groups excluding carboxylic acids is 2. The van der Waals surface area contributed by atoms with E-state index in [4.69, 9.17) is 16.3 Å². The SMILES string of the molecule is CC[S+]([O-])c1ccc(Cl)cc1CNC(=O)c1ccc(CC2CCN(C(=O)OC(C)(C)C)CC2)c(C(F)(F)F)c1. The summed E-state index contributed by atoms with van der Waals surface area (Å²) in [6.45, 7) is 7.90. The molecule has 1 aliphatic heterocycles. The summed E-state index contributed by atoms with van der Waals surface area (Å²) in [6, 6.07) is 8.43. The van der Waals surface area contributed by atoms with Gasteiger partial charge in [0.15, 0.2) is 4.90 Å². The van der Waals surface area contributed by atoms with Crippen LogP contribution in [0.15, 0.2) is 41.3 Å². The van der Waals surface area contributed by atoms with Gasteiger partial charge < -0.3 is 19.5 Å². The topological polar surface area (TPSA) is 81.7 Å². The number of ether oxygens (including phenoxy) is 1. The van der Waals surface area contributed by atoms with E-state index < -0.39 is 40.5 Å². The highest BCUT2D eigenvalue weighted by Gasteiger charge is 2.35. The molecule has 2 aromatic rings. The molecule has 0 aromatic heterocycles. The van der Waals surface area contributed by atoms with Crippen molar-refractivity contribution in [2.45, 2.75) is 70.2 Å². The average Bonchev–Trinajstić information content (AvgIpc) is 2.86. The van der Waals surface area contributed by atoms with E-state index in [0.717, 1.165) is 6.07 Å². The van der Waals surface area contributed by atoms with Crippen LogP contribution in [0, 0.1) is 5.92 Å². The number of halogens is 4. The maximum atomic E-state index is 14.0. The Kier molecular flexibility index (Phi) is 10.2. The first-order valence-electron chi connectivity index (χ1n) is 12.8. The first-order valence-corrected chi connectivity index (χ1v) is 14.5. The molecule has 0 aliphatic carbocycles. The molecule has 0 bridgehead atoms. The summed E-state index contributed by atoms with van der Waals surface area (Å²) < 4.78 is 59.7. The first kappa shape index (κ1) is 31.1. The van der Waals surface area contributed by atoms with Crippen LogP contribution < -0.4 is 5.32 Å². The minimum Gasteiger partial charge on any atom is -0.611 e. The van der Waals surface area contributed by atoms with Gasteiger partial charge in [-0.1, -0.05) is 17.7 Å². The van der Waals surface area contributed by atoms with Gasteiger partial charge >= 0.3 is 12.3 Å². The van der Waals surface area contributed by atoms with Crippen molar-refractivity contribution >= 4 is 34.8 Å². The van der Waals surface area contributed by atoms with Crippen LogP contribution in [0.1, 0.15) is 67.6 Å². The Hall–Kier alpha value is -2.43.